The number of benzene rings is 1. The predicted octanol–water partition coefficient (Wildman–Crippen LogP) is 4.30. The summed E-state index contributed by atoms with van der Waals surface area (Å²) in [4.78, 5) is 0. The van der Waals surface area contributed by atoms with Crippen LogP contribution in [0.25, 0.3) is 6.08 Å². The van der Waals surface area contributed by atoms with Gasteiger partial charge in [0.1, 0.15) is 11.9 Å². The van der Waals surface area contributed by atoms with Gasteiger partial charge in [-0.2, -0.15) is 0 Å². The molecule has 1 heterocycles. The molecule has 0 fully saturated rings. The zero-order valence-corrected chi connectivity index (χ0v) is 10.8. The normalized spacial score (nSPS) is 21.1. The van der Waals surface area contributed by atoms with Crippen LogP contribution in [0.2, 0.25) is 0 Å². The van der Waals surface area contributed by atoms with Gasteiger partial charge < -0.3 is 4.74 Å². The number of hydrogen-bond acceptors (Lipinski definition) is 1. The molecule has 1 aliphatic heterocycles. The standard InChI is InChI=1S/C17H18O/c1-3-12-5-7-14(9-12)17-11-15-10-13(4-2)6-8-16(15)18-17/h4-8,10,17H,2-3,9,11H2,1H3. The molecule has 1 aromatic rings. The van der Waals surface area contributed by atoms with Crippen LogP contribution in [0.5, 0.6) is 5.75 Å². The molecule has 1 unspecified atom stereocenters. The van der Waals surface area contributed by atoms with Crippen LogP contribution in [0.4, 0.5) is 0 Å². The fourth-order valence-corrected chi connectivity index (χ4v) is 2.67. The molecule has 1 aromatic carbocycles. The fraction of sp³-hybridized carbons (Fsp3) is 0.294. The van der Waals surface area contributed by atoms with Gasteiger partial charge in [0.05, 0.1) is 0 Å². The smallest absolute Gasteiger partial charge is 0.125 e. The lowest BCUT2D eigenvalue weighted by molar-refractivity contribution is 0.268. The molecule has 0 N–H and O–H groups in total. The van der Waals surface area contributed by atoms with Crippen molar-refractivity contribution in [2.75, 3.05) is 0 Å². The molecule has 0 spiro atoms. The minimum Gasteiger partial charge on any atom is -0.485 e. The highest BCUT2D eigenvalue weighted by atomic mass is 16.5. The Bertz CT molecular complexity index is 549. The van der Waals surface area contributed by atoms with Gasteiger partial charge in [0.2, 0.25) is 0 Å². The summed E-state index contributed by atoms with van der Waals surface area (Å²) in [6.45, 7) is 6.02. The first-order valence-corrected chi connectivity index (χ1v) is 6.60. The average molecular weight is 238 g/mol. The second-order valence-electron chi connectivity index (χ2n) is 4.98. The summed E-state index contributed by atoms with van der Waals surface area (Å²) in [6, 6.07) is 6.31. The maximum absolute atomic E-state index is 6.05. The van der Waals surface area contributed by atoms with Crippen molar-refractivity contribution >= 4 is 6.08 Å². The van der Waals surface area contributed by atoms with E-state index in [0.29, 0.717) is 0 Å². The Balaban J connectivity index is 1.76. The molecular formula is C17H18O. The summed E-state index contributed by atoms with van der Waals surface area (Å²) in [5.74, 6) is 1.04. The first-order valence-electron chi connectivity index (χ1n) is 6.60. The molecule has 0 aromatic heterocycles. The number of rotatable bonds is 3. The van der Waals surface area contributed by atoms with Crippen molar-refractivity contribution in [2.45, 2.75) is 32.3 Å². The summed E-state index contributed by atoms with van der Waals surface area (Å²) in [7, 11) is 0. The molecule has 0 amide bonds. The van der Waals surface area contributed by atoms with Crippen LogP contribution in [-0.2, 0) is 6.42 Å². The number of ether oxygens (including phenoxy) is 1. The van der Waals surface area contributed by atoms with E-state index in [1.54, 1.807) is 0 Å². The molecule has 0 bridgehead atoms. The monoisotopic (exact) mass is 238 g/mol. The molecule has 1 atom stereocenters. The van der Waals surface area contributed by atoms with E-state index in [0.717, 1.165) is 25.0 Å². The van der Waals surface area contributed by atoms with E-state index < -0.39 is 0 Å². The summed E-state index contributed by atoms with van der Waals surface area (Å²) < 4.78 is 6.05. The van der Waals surface area contributed by atoms with Gasteiger partial charge in [0.25, 0.3) is 0 Å². The van der Waals surface area contributed by atoms with Crippen molar-refractivity contribution in [3.63, 3.8) is 0 Å². The number of allylic oxidation sites excluding steroid dienone is 3. The Morgan fingerprint density at radius 1 is 1.39 bits per heavy atom. The topological polar surface area (TPSA) is 9.23 Å². The van der Waals surface area contributed by atoms with Crippen molar-refractivity contribution in [3.8, 4) is 5.75 Å². The lowest BCUT2D eigenvalue weighted by Gasteiger charge is -2.12. The van der Waals surface area contributed by atoms with Gasteiger partial charge in [0, 0.05) is 6.42 Å². The largest absolute Gasteiger partial charge is 0.485 e. The van der Waals surface area contributed by atoms with Gasteiger partial charge in [-0.25, -0.2) is 0 Å². The van der Waals surface area contributed by atoms with E-state index in [4.69, 9.17) is 4.74 Å². The second kappa shape index (κ2) is 4.49. The molecule has 2 aliphatic rings. The highest BCUT2D eigenvalue weighted by Crippen LogP contribution is 2.36. The van der Waals surface area contributed by atoms with E-state index in [1.807, 2.05) is 6.08 Å². The maximum Gasteiger partial charge on any atom is 0.125 e. The first-order chi connectivity index (χ1) is 8.80. The van der Waals surface area contributed by atoms with Crippen LogP contribution in [0.1, 0.15) is 30.9 Å². The van der Waals surface area contributed by atoms with E-state index in [2.05, 4.69) is 43.9 Å². The van der Waals surface area contributed by atoms with Crippen LogP contribution >= 0.6 is 0 Å². The van der Waals surface area contributed by atoms with Crippen LogP contribution in [0, 0.1) is 0 Å². The first kappa shape index (κ1) is 11.3. The van der Waals surface area contributed by atoms with Crippen molar-refractivity contribution in [1.29, 1.82) is 0 Å². The molecule has 1 aliphatic carbocycles. The molecule has 18 heavy (non-hydrogen) atoms. The maximum atomic E-state index is 6.05. The number of hydrogen-bond donors (Lipinski definition) is 0. The zero-order chi connectivity index (χ0) is 12.5. The highest BCUT2D eigenvalue weighted by molar-refractivity contribution is 5.53. The Kier molecular flexibility index (Phi) is 2.83. The summed E-state index contributed by atoms with van der Waals surface area (Å²) in [5.41, 5.74) is 5.41. The van der Waals surface area contributed by atoms with Crippen LogP contribution in [-0.4, -0.2) is 6.10 Å². The van der Waals surface area contributed by atoms with Crippen molar-refractivity contribution < 1.29 is 4.74 Å². The van der Waals surface area contributed by atoms with Gasteiger partial charge in [-0.05, 0) is 41.7 Å². The molecule has 0 saturated carbocycles. The van der Waals surface area contributed by atoms with Crippen molar-refractivity contribution in [1.82, 2.24) is 0 Å². The SMILES string of the molecule is C=Cc1ccc2c(c1)CC(C1=CC=C(CC)C1)O2. The average Bonchev–Trinajstić information content (AvgIpc) is 3.03. The third kappa shape index (κ3) is 1.90. The molecule has 1 heteroatoms. The third-order valence-corrected chi connectivity index (χ3v) is 3.83. The van der Waals surface area contributed by atoms with Gasteiger partial charge in [-0.1, -0.05) is 43.4 Å². The van der Waals surface area contributed by atoms with Crippen molar-refractivity contribution in [3.05, 3.63) is 59.2 Å². The van der Waals surface area contributed by atoms with Gasteiger partial charge in [-0.3, -0.25) is 0 Å². The van der Waals surface area contributed by atoms with Gasteiger partial charge in [0.15, 0.2) is 0 Å². The van der Waals surface area contributed by atoms with Crippen LogP contribution in [0.3, 0.4) is 0 Å². The quantitative estimate of drug-likeness (QED) is 0.763. The predicted molar refractivity (Wildman–Crippen MR) is 75.7 cm³/mol. The Hall–Kier alpha value is -1.76. The van der Waals surface area contributed by atoms with Gasteiger partial charge >= 0.3 is 0 Å². The number of fused-ring (bicyclic) bond motifs is 1. The summed E-state index contributed by atoms with van der Waals surface area (Å²) in [6.07, 6.45) is 9.83. The third-order valence-electron chi connectivity index (χ3n) is 3.83. The van der Waals surface area contributed by atoms with E-state index in [-0.39, 0.29) is 6.10 Å². The Labute approximate surface area is 108 Å². The molecule has 0 saturated heterocycles. The lowest BCUT2D eigenvalue weighted by Crippen LogP contribution is -2.15. The summed E-state index contributed by atoms with van der Waals surface area (Å²) >= 11 is 0. The minimum absolute atomic E-state index is 0.236. The Morgan fingerprint density at radius 2 is 2.28 bits per heavy atom. The molecule has 1 nitrogen and oxygen atoms in total. The summed E-state index contributed by atoms with van der Waals surface area (Å²) in [5, 5.41) is 0. The highest BCUT2D eigenvalue weighted by Gasteiger charge is 2.27. The molecular weight excluding hydrogens is 220 g/mol. The minimum atomic E-state index is 0.236. The Morgan fingerprint density at radius 3 is 3.00 bits per heavy atom. The van der Waals surface area contributed by atoms with E-state index in [1.165, 1.54) is 22.3 Å². The van der Waals surface area contributed by atoms with Crippen molar-refractivity contribution in [2.24, 2.45) is 0 Å². The molecule has 92 valence electrons. The van der Waals surface area contributed by atoms with Crippen LogP contribution in [0.15, 0.2) is 48.1 Å². The zero-order valence-electron chi connectivity index (χ0n) is 10.8. The van der Waals surface area contributed by atoms with E-state index >= 15 is 0 Å². The molecule has 0 radical (unpaired) electrons. The molecule has 3 rings (SSSR count). The van der Waals surface area contributed by atoms with Crippen LogP contribution < -0.4 is 4.74 Å². The van der Waals surface area contributed by atoms with E-state index in [9.17, 15) is 0 Å². The van der Waals surface area contributed by atoms with Gasteiger partial charge in [-0.15, -0.1) is 0 Å². The lowest BCUT2D eigenvalue weighted by atomic mass is 10.00. The second-order valence-corrected chi connectivity index (χ2v) is 4.98. The fourth-order valence-electron chi connectivity index (χ4n) is 2.67.